The first-order valence-corrected chi connectivity index (χ1v) is 11.7. The van der Waals surface area contributed by atoms with E-state index in [9.17, 15) is 14.9 Å². The van der Waals surface area contributed by atoms with Crippen LogP contribution in [0.3, 0.4) is 0 Å². The SMILES string of the molecule is Cc1cccc(Cl)c1NC(=O)/C(C#N)=C/c1ccc(OC(=O)c2cccc3ccccc23)c(Br)c1. The van der Waals surface area contributed by atoms with Crippen molar-refractivity contribution in [3.8, 4) is 11.8 Å². The highest BCUT2D eigenvalue weighted by atomic mass is 79.9. The Labute approximate surface area is 215 Å². The van der Waals surface area contributed by atoms with Gasteiger partial charge in [-0.25, -0.2) is 4.79 Å². The molecule has 4 aromatic rings. The molecule has 0 bridgehead atoms. The summed E-state index contributed by atoms with van der Waals surface area (Å²) in [6.45, 7) is 1.81. The zero-order chi connectivity index (χ0) is 24.9. The fourth-order valence-electron chi connectivity index (χ4n) is 3.53. The number of anilines is 1. The van der Waals surface area contributed by atoms with Crippen molar-refractivity contribution in [1.82, 2.24) is 0 Å². The van der Waals surface area contributed by atoms with E-state index in [0.29, 0.717) is 32.1 Å². The van der Waals surface area contributed by atoms with E-state index < -0.39 is 11.9 Å². The molecule has 172 valence electrons. The Bertz CT molecular complexity index is 1510. The molecule has 0 aliphatic heterocycles. The zero-order valence-electron chi connectivity index (χ0n) is 18.5. The molecular weight excluding hydrogens is 528 g/mol. The number of aryl methyl sites for hydroxylation is 1. The van der Waals surface area contributed by atoms with Crippen LogP contribution < -0.4 is 10.1 Å². The smallest absolute Gasteiger partial charge is 0.344 e. The quantitative estimate of drug-likeness (QED) is 0.123. The molecule has 0 saturated heterocycles. The highest BCUT2D eigenvalue weighted by molar-refractivity contribution is 9.10. The molecule has 1 amide bonds. The van der Waals surface area contributed by atoms with E-state index in [-0.39, 0.29) is 5.57 Å². The van der Waals surface area contributed by atoms with Crippen LogP contribution >= 0.6 is 27.5 Å². The van der Waals surface area contributed by atoms with E-state index in [1.54, 1.807) is 42.5 Å². The number of nitrogens with zero attached hydrogens (tertiary/aromatic N) is 1. The van der Waals surface area contributed by atoms with E-state index >= 15 is 0 Å². The minimum atomic E-state index is -0.578. The largest absolute Gasteiger partial charge is 0.422 e. The molecule has 5 nitrogen and oxygen atoms in total. The van der Waals surface area contributed by atoms with Crippen molar-refractivity contribution in [2.75, 3.05) is 5.32 Å². The third-order valence-corrected chi connectivity index (χ3v) is 6.24. The molecule has 35 heavy (non-hydrogen) atoms. The average Bonchev–Trinajstić information content (AvgIpc) is 2.85. The Morgan fingerprint density at radius 2 is 1.77 bits per heavy atom. The Balaban J connectivity index is 1.54. The van der Waals surface area contributed by atoms with E-state index in [2.05, 4.69) is 21.2 Å². The highest BCUT2D eigenvalue weighted by Crippen LogP contribution is 2.30. The maximum Gasteiger partial charge on any atom is 0.344 e. The van der Waals surface area contributed by atoms with Crippen molar-refractivity contribution in [2.24, 2.45) is 0 Å². The minimum Gasteiger partial charge on any atom is -0.422 e. The van der Waals surface area contributed by atoms with Crippen LogP contribution in [0.4, 0.5) is 5.69 Å². The first kappa shape index (κ1) is 24.2. The number of nitriles is 1. The average molecular weight is 546 g/mol. The van der Waals surface area contributed by atoms with Crippen LogP contribution in [0, 0.1) is 18.3 Å². The van der Waals surface area contributed by atoms with Gasteiger partial charge in [0, 0.05) is 0 Å². The summed E-state index contributed by atoms with van der Waals surface area (Å²) >= 11 is 9.59. The Hall–Kier alpha value is -3.92. The molecule has 0 aliphatic rings. The lowest BCUT2D eigenvalue weighted by molar-refractivity contribution is -0.112. The van der Waals surface area contributed by atoms with E-state index in [1.165, 1.54) is 6.08 Å². The van der Waals surface area contributed by atoms with E-state index in [4.69, 9.17) is 16.3 Å². The molecule has 0 atom stereocenters. The molecule has 0 heterocycles. The highest BCUT2D eigenvalue weighted by Gasteiger charge is 2.16. The van der Waals surface area contributed by atoms with Crippen LogP contribution in [-0.2, 0) is 4.79 Å². The summed E-state index contributed by atoms with van der Waals surface area (Å²) in [4.78, 5) is 25.5. The van der Waals surface area contributed by atoms with Gasteiger partial charge in [0.15, 0.2) is 0 Å². The number of carbonyl (C=O) groups is 2. The van der Waals surface area contributed by atoms with Gasteiger partial charge in [0.1, 0.15) is 17.4 Å². The topological polar surface area (TPSA) is 79.2 Å². The number of fused-ring (bicyclic) bond motifs is 1. The summed E-state index contributed by atoms with van der Waals surface area (Å²) in [6.07, 6.45) is 1.45. The minimum absolute atomic E-state index is 0.100. The summed E-state index contributed by atoms with van der Waals surface area (Å²) in [6, 6.07) is 25.1. The van der Waals surface area contributed by atoms with Crippen LogP contribution in [0.2, 0.25) is 5.02 Å². The number of halogens is 2. The Morgan fingerprint density at radius 3 is 2.51 bits per heavy atom. The zero-order valence-corrected chi connectivity index (χ0v) is 20.9. The summed E-state index contributed by atoms with van der Waals surface area (Å²) in [7, 11) is 0. The van der Waals surface area contributed by atoms with E-state index in [1.807, 2.05) is 49.4 Å². The van der Waals surface area contributed by atoms with Gasteiger partial charge in [-0.1, -0.05) is 66.2 Å². The third-order valence-electron chi connectivity index (χ3n) is 5.30. The number of para-hydroxylation sites is 1. The number of esters is 1. The van der Waals surface area contributed by atoms with Crippen molar-refractivity contribution in [2.45, 2.75) is 6.92 Å². The van der Waals surface area contributed by atoms with Gasteiger partial charge in [-0.05, 0) is 75.1 Å². The monoisotopic (exact) mass is 544 g/mol. The molecule has 0 spiro atoms. The van der Waals surface area contributed by atoms with Crippen LogP contribution in [0.15, 0.2) is 88.9 Å². The van der Waals surface area contributed by atoms with Crippen LogP contribution in [-0.4, -0.2) is 11.9 Å². The number of carbonyl (C=O) groups excluding carboxylic acids is 2. The second-order valence-electron chi connectivity index (χ2n) is 7.66. The van der Waals surface area contributed by atoms with Gasteiger partial charge < -0.3 is 10.1 Å². The van der Waals surface area contributed by atoms with Gasteiger partial charge in [0.25, 0.3) is 5.91 Å². The maximum atomic E-state index is 12.8. The molecule has 4 aromatic carbocycles. The molecular formula is C28H18BrClN2O3. The van der Waals surface area contributed by atoms with Crippen molar-refractivity contribution in [1.29, 1.82) is 5.26 Å². The second kappa shape index (κ2) is 10.6. The number of hydrogen-bond acceptors (Lipinski definition) is 4. The molecule has 0 radical (unpaired) electrons. The lowest BCUT2D eigenvalue weighted by Gasteiger charge is -2.10. The van der Waals surface area contributed by atoms with Crippen LogP contribution in [0.5, 0.6) is 5.75 Å². The summed E-state index contributed by atoms with van der Waals surface area (Å²) in [5.41, 5.74) is 2.17. The number of benzene rings is 4. The van der Waals surface area contributed by atoms with Gasteiger partial charge in [-0.15, -0.1) is 0 Å². The van der Waals surface area contributed by atoms with Gasteiger partial charge in [0.05, 0.1) is 20.7 Å². The molecule has 0 aromatic heterocycles. The Morgan fingerprint density at radius 1 is 1.03 bits per heavy atom. The van der Waals surface area contributed by atoms with E-state index in [0.717, 1.165) is 16.3 Å². The van der Waals surface area contributed by atoms with Crippen LogP contribution in [0.1, 0.15) is 21.5 Å². The van der Waals surface area contributed by atoms with Gasteiger partial charge in [0.2, 0.25) is 0 Å². The van der Waals surface area contributed by atoms with Crippen molar-refractivity contribution < 1.29 is 14.3 Å². The molecule has 1 N–H and O–H groups in total. The maximum absolute atomic E-state index is 12.8. The lowest BCUT2D eigenvalue weighted by Crippen LogP contribution is -2.14. The van der Waals surface area contributed by atoms with Crippen molar-refractivity contribution in [3.63, 3.8) is 0 Å². The molecule has 4 rings (SSSR count). The number of nitrogens with one attached hydrogen (secondary N) is 1. The predicted octanol–water partition coefficient (Wildman–Crippen LogP) is 7.33. The predicted molar refractivity (Wildman–Crippen MR) is 141 cm³/mol. The number of amides is 1. The normalized spacial score (nSPS) is 11.1. The summed E-state index contributed by atoms with van der Waals surface area (Å²) < 4.78 is 6.11. The Kier molecular flexibility index (Phi) is 7.31. The fourth-order valence-corrected chi connectivity index (χ4v) is 4.28. The van der Waals surface area contributed by atoms with Crippen LogP contribution in [0.25, 0.3) is 16.8 Å². The fraction of sp³-hybridized carbons (Fsp3) is 0.0357. The van der Waals surface area contributed by atoms with Gasteiger partial charge in [-0.2, -0.15) is 5.26 Å². The summed E-state index contributed by atoms with van der Waals surface area (Å²) in [5.74, 6) is -0.751. The summed E-state index contributed by atoms with van der Waals surface area (Å²) in [5, 5.41) is 14.4. The standard InChI is InChI=1S/C28H18BrClN2O3/c1-17-6-4-11-24(30)26(17)32-27(33)20(16-31)14-18-12-13-25(23(29)15-18)35-28(34)22-10-5-8-19-7-2-3-9-21(19)22/h2-15H,1H3,(H,32,33)/b20-14+. The lowest BCUT2D eigenvalue weighted by atomic mass is 10.0. The molecule has 0 unspecified atom stereocenters. The molecule has 0 saturated carbocycles. The number of hydrogen-bond donors (Lipinski definition) is 1. The van der Waals surface area contributed by atoms with Crippen molar-refractivity contribution in [3.05, 3.63) is 111 Å². The van der Waals surface area contributed by atoms with Gasteiger partial charge >= 0.3 is 5.97 Å². The number of ether oxygens (including phenoxy) is 1. The molecule has 0 aliphatic carbocycles. The first-order chi connectivity index (χ1) is 16.9. The molecule has 0 fully saturated rings. The number of rotatable bonds is 5. The van der Waals surface area contributed by atoms with Gasteiger partial charge in [-0.3, -0.25) is 4.79 Å². The first-order valence-electron chi connectivity index (χ1n) is 10.5. The van der Waals surface area contributed by atoms with Crippen molar-refractivity contribution >= 4 is 61.9 Å². The second-order valence-corrected chi connectivity index (χ2v) is 8.92. The molecule has 7 heteroatoms. The third kappa shape index (κ3) is 5.43.